The molecule has 1 atom stereocenters. The minimum atomic E-state index is -0.396. The molecule has 0 fully saturated rings. The van der Waals surface area contributed by atoms with Gasteiger partial charge in [0.1, 0.15) is 11.4 Å². The molecule has 0 bridgehead atoms. The second kappa shape index (κ2) is 7.79. The molecule has 0 aliphatic heterocycles. The minimum absolute atomic E-state index is 0.167. The van der Waals surface area contributed by atoms with Gasteiger partial charge in [0, 0.05) is 21.9 Å². The number of anilines is 1. The Balaban J connectivity index is 1.53. The number of benzene rings is 2. The molecule has 4 aromatic rings. The molecule has 0 unspecified atom stereocenters. The van der Waals surface area contributed by atoms with Crippen LogP contribution in [0.5, 0.6) is 0 Å². The molecule has 0 saturated heterocycles. The summed E-state index contributed by atoms with van der Waals surface area (Å²) in [5, 5.41) is 5.78. The van der Waals surface area contributed by atoms with Crippen molar-refractivity contribution < 1.29 is 13.6 Å². The van der Waals surface area contributed by atoms with Crippen LogP contribution in [0.3, 0.4) is 0 Å². The second-order valence-corrected chi connectivity index (χ2v) is 7.98. The zero-order chi connectivity index (χ0) is 20.5. The first kappa shape index (κ1) is 19.3. The molecule has 0 saturated carbocycles. The topological polar surface area (TPSA) is 55.1 Å². The van der Waals surface area contributed by atoms with E-state index in [0.29, 0.717) is 27.6 Å². The summed E-state index contributed by atoms with van der Waals surface area (Å²) in [7, 11) is 0. The molecule has 29 heavy (non-hydrogen) atoms. The third kappa shape index (κ3) is 3.80. The molecule has 4 rings (SSSR count). The Morgan fingerprint density at radius 3 is 2.72 bits per heavy atom. The highest BCUT2D eigenvalue weighted by Gasteiger charge is 2.19. The molecule has 148 valence electrons. The van der Waals surface area contributed by atoms with E-state index < -0.39 is 5.91 Å². The van der Waals surface area contributed by atoms with Crippen LogP contribution in [0.15, 0.2) is 52.3 Å². The van der Waals surface area contributed by atoms with Crippen LogP contribution in [0.2, 0.25) is 0 Å². The highest BCUT2D eigenvalue weighted by Crippen LogP contribution is 2.29. The van der Waals surface area contributed by atoms with Crippen LogP contribution in [0.1, 0.15) is 47.9 Å². The highest BCUT2D eigenvalue weighted by atomic mass is 32.1. The molecule has 1 N–H and O–H groups in total. The summed E-state index contributed by atoms with van der Waals surface area (Å²) in [6.07, 6.45) is 1.10. The first-order valence-electron chi connectivity index (χ1n) is 9.52. The van der Waals surface area contributed by atoms with Crippen LogP contribution in [-0.2, 0) is 0 Å². The Morgan fingerprint density at radius 2 is 2.00 bits per heavy atom. The third-order valence-corrected chi connectivity index (χ3v) is 5.97. The molecule has 4 nitrogen and oxygen atoms in total. The lowest BCUT2D eigenvalue weighted by Gasteiger charge is -2.08. The average Bonchev–Trinajstić information content (AvgIpc) is 3.32. The maximum atomic E-state index is 13.5. The number of hydrogen-bond acceptors (Lipinski definition) is 4. The van der Waals surface area contributed by atoms with Gasteiger partial charge in [-0.2, -0.15) is 0 Å². The SMILES string of the molecule is CC[C@H](C)c1ccc(-c2csc(NC(=O)c3oc4ccc(F)cc4c3C)n2)cc1. The van der Waals surface area contributed by atoms with Gasteiger partial charge in [0.25, 0.3) is 5.91 Å². The average molecular weight is 408 g/mol. The van der Waals surface area contributed by atoms with Crippen molar-refractivity contribution in [2.75, 3.05) is 5.32 Å². The van der Waals surface area contributed by atoms with Crippen LogP contribution in [-0.4, -0.2) is 10.9 Å². The monoisotopic (exact) mass is 408 g/mol. The van der Waals surface area contributed by atoms with Gasteiger partial charge in [-0.15, -0.1) is 11.3 Å². The van der Waals surface area contributed by atoms with E-state index in [4.69, 9.17) is 4.42 Å². The van der Waals surface area contributed by atoms with E-state index in [1.165, 1.54) is 35.1 Å². The smallest absolute Gasteiger partial charge is 0.293 e. The van der Waals surface area contributed by atoms with E-state index in [1.54, 1.807) is 6.92 Å². The molecule has 2 heterocycles. The van der Waals surface area contributed by atoms with E-state index in [2.05, 4.69) is 48.4 Å². The quantitative estimate of drug-likeness (QED) is 0.396. The lowest BCUT2D eigenvalue weighted by Crippen LogP contribution is -2.11. The van der Waals surface area contributed by atoms with E-state index >= 15 is 0 Å². The molecule has 0 aliphatic rings. The first-order chi connectivity index (χ1) is 14.0. The van der Waals surface area contributed by atoms with E-state index in [1.807, 2.05) is 5.38 Å². The predicted molar refractivity (Wildman–Crippen MR) is 115 cm³/mol. The zero-order valence-electron chi connectivity index (χ0n) is 16.5. The van der Waals surface area contributed by atoms with Crippen LogP contribution >= 0.6 is 11.3 Å². The highest BCUT2D eigenvalue weighted by molar-refractivity contribution is 7.14. The van der Waals surface area contributed by atoms with Crippen LogP contribution in [0, 0.1) is 12.7 Å². The number of nitrogens with one attached hydrogen (secondary N) is 1. The summed E-state index contributed by atoms with van der Waals surface area (Å²) >= 11 is 1.35. The Kier molecular flexibility index (Phi) is 5.20. The number of amides is 1. The van der Waals surface area contributed by atoms with Crippen molar-refractivity contribution in [1.29, 1.82) is 0 Å². The number of fused-ring (bicyclic) bond motifs is 1. The number of carbonyl (C=O) groups excluding carboxylic acids is 1. The summed E-state index contributed by atoms with van der Waals surface area (Å²) in [4.78, 5) is 17.2. The molecule has 6 heteroatoms. The van der Waals surface area contributed by atoms with Crippen molar-refractivity contribution in [3.8, 4) is 11.3 Å². The summed E-state index contributed by atoms with van der Waals surface area (Å²) in [6, 6.07) is 12.6. The molecule has 1 amide bonds. The maximum absolute atomic E-state index is 13.5. The Morgan fingerprint density at radius 1 is 1.24 bits per heavy atom. The first-order valence-corrected chi connectivity index (χ1v) is 10.4. The van der Waals surface area contributed by atoms with Crippen molar-refractivity contribution in [1.82, 2.24) is 4.98 Å². The number of aromatic nitrogens is 1. The van der Waals surface area contributed by atoms with Crippen molar-refractivity contribution in [3.63, 3.8) is 0 Å². The van der Waals surface area contributed by atoms with Crippen LogP contribution < -0.4 is 5.32 Å². The molecule has 0 spiro atoms. The van der Waals surface area contributed by atoms with Crippen molar-refractivity contribution in [2.24, 2.45) is 0 Å². The number of nitrogens with zero attached hydrogens (tertiary/aromatic N) is 1. The zero-order valence-corrected chi connectivity index (χ0v) is 17.3. The number of aryl methyl sites for hydroxylation is 1. The third-order valence-electron chi connectivity index (χ3n) is 5.22. The lowest BCUT2D eigenvalue weighted by atomic mass is 9.97. The van der Waals surface area contributed by atoms with E-state index in [-0.39, 0.29) is 11.6 Å². The number of hydrogen-bond donors (Lipinski definition) is 1. The van der Waals surface area contributed by atoms with Gasteiger partial charge in [0.2, 0.25) is 0 Å². The number of carbonyl (C=O) groups is 1. The number of halogens is 1. The Labute approximate surface area is 172 Å². The Hall–Kier alpha value is -2.99. The maximum Gasteiger partial charge on any atom is 0.293 e. The number of thiazole rings is 1. The fourth-order valence-electron chi connectivity index (χ4n) is 3.25. The standard InChI is InChI=1S/C23H21FN2O2S/c1-4-13(2)15-5-7-16(8-6-15)19-12-29-23(25-19)26-22(27)21-14(3)18-11-17(24)9-10-20(18)28-21/h5-13H,4H2,1-3H3,(H,25,26,27)/t13-/m0/s1. The van der Waals surface area contributed by atoms with Gasteiger partial charge >= 0.3 is 0 Å². The Bertz CT molecular complexity index is 1180. The molecule has 0 radical (unpaired) electrons. The molecule has 0 aliphatic carbocycles. The van der Waals surface area contributed by atoms with E-state index in [0.717, 1.165) is 17.7 Å². The van der Waals surface area contributed by atoms with Gasteiger partial charge in [-0.3, -0.25) is 10.1 Å². The second-order valence-electron chi connectivity index (χ2n) is 7.12. The van der Waals surface area contributed by atoms with Gasteiger partial charge in [0.05, 0.1) is 5.69 Å². The summed E-state index contributed by atoms with van der Waals surface area (Å²) in [5.74, 6) is -0.0699. The summed E-state index contributed by atoms with van der Waals surface area (Å²) in [6.45, 7) is 6.13. The largest absolute Gasteiger partial charge is 0.451 e. The van der Waals surface area contributed by atoms with Crippen LogP contribution in [0.4, 0.5) is 9.52 Å². The van der Waals surface area contributed by atoms with Crippen molar-refractivity contribution in [3.05, 3.63) is 70.5 Å². The molecule has 2 aromatic heterocycles. The van der Waals surface area contributed by atoms with Gasteiger partial charge in [-0.25, -0.2) is 9.37 Å². The van der Waals surface area contributed by atoms with Crippen molar-refractivity contribution >= 4 is 33.3 Å². The normalized spacial score (nSPS) is 12.3. The summed E-state index contributed by atoms with van der Waals surface area (Å²) in [5.41, 5.74) is 4.20. The lowest BCUT2D eigenvalue weighted by molar-refractivity contribution is 0.0998. The molecular formula is C23H21FN2O2S. The molecule has 2 aromatic carbocycles. The number of furan rings is 1. The predicted octanol–water partition coefficient (Wildman–Crippen LogP) is 6.77. The van der Waals surface area contributed by atoms with Crippen LogP contribution in [0.25, 0.3) is 22.2 Å². The fourth-order valence-corrected chi connectivity index (χ4v) is 3.96. The summed E-state index contributed by atoms with van der Waals surface area (Å²) < 4.78 is 19.1. The van der Waals surface area contributed by atoms with Gasteiger partial charge in [0.15, 0.2) is 10.9 Å². The minimum Gasteiger partial charge on any atom is -0.451 e. The van der Waals surface area contributed by atoms with Gasteiger partial charge in [-0.05, 0) is 43.0 Å². The van der Waals surface area contributed by atoms with E-state index in [9.17, 15) is 9.18 Å². The van der Waals surface area contributed by atoms with Gasteiger partial charge in [-0.1, -0.05) is 38.1 Å². The number of rotatable bonds is 5. The van der Waals surface area contributed by atoms with Crippen molar-refractivity contribution in [2.45, 2.75) is 33.1 Å². The fraction of sp³-hybridized carbons (Fsp3) is 0.217. The molecular weight excluding hydrogens is 387 g/mol. The van der Waals surface area contributed by atoms with Gasteiger partial charge < -0.3 is 4.42 Å².